The average molecular weight is 495 g/mol. The number of aromatic nitrogens is 4. The van der Waals surface area contributed by atoms with Crippen LogP contribution >= 0.6 is 0 Å². The Kier molecular flexibility index (Phi) is 7.43. The molecule has 1 aromatic carbocycles. The van der Waals surface area contributed by atoms with E-state index in [1.54, 1.807) is 13.8 Å². The van der Waals surface area contributed by atoms with E-state index < -0.39 is 27.7 Å². The first-order valence-electron chi connectivity index (χ1n) is 10.9. The quantitative estimate of drug-likeness (QED) is 0.253. The number of aromatic amines is 1. The second kappa shape index (κ2) is 9.80. The van der Waals surface area contributed by atoms with E-state index in [9.17, 15) is 23.4 Å². The first-order chi connectivity index (χ1) is 15.9. The monoisotopic (exact) mass is 494 g/mol. The molecule has 12 nitrogen and oxygen atoms in total. The fourth-order valence-electron chi connectivity index (χ4n) is 3.63. The van der Waals surface area contributed by atoms with E-state index in [1.807, 2.05) is 6.92 Å². The highest BCUT2D eigenvalue weighted by molar-refractivity contribution is 7.89. The second-order valence-electron chi connectivity index (χ2n) is 8.03. The van der Waals surface area contributed by atoms with Gasteiger partial charge in [-0.15, -0.1) is 5.10 Å². The van der Waals surface area contributed by atoms with E-state index in [0.717, 1.165) is 13.3 Å². The van der Waals surface area contributed by atoms with E-state index in [2.05, 4.69) is 25.1 Å². The molecule has 13 heteroatoms. The molecule has 0 aliphatic carbocycles. The van der Waals surface area contributed by atoms with E-state index in [1.165, 1.54) is 29.6 Å². The lowest BCUT2D eigenvalue weighted by Gasteiger charge is -2.24. The van der Waals surface area contributed by atoms with Gasteiger partial charge in [-0.3, -0.25) is 10.1 Å². The first-order valence-corrected chi connectivity index (χ1v) is 12.3. The van der Waals surface area contributed by atoms with Gasteiger partial charge in [0, 0.05) is 13.3 Å². The summed E-state index contributed by atoms with van der Waals surface area (Å²) in [6.07, 6.45) is 0.416. The fourth-order valence-corrected chi connectivity index (χ4v) is 4.81. The number of rotatable bonds is 10. The van der Waals surface area contributed by atoms with Crippen LogP contribution in [0.2, 0.25) is 0 Å². The van der Waals surface area contributed by atoms with Gasteiger partial charge < -0.3 is 19.9 Å². The van der Waals surface area contributed by atoms with Crippen molar-refractivity contribution in [1.29, 1.82) is 0 Å². The second-order valence-corrected chi connectivity index (χ2v) is 9.74. The largest absolute Gasteiger partial charge is 0.493 e. The van der Waals surface area contributed by atoms with E-state index in [-0.39, 0.29) is 16.3 Å². The van der Waals surface area contributed by atoms with Crippen LogP contribution in [0.4, 0.5) is 0 Å². The predicted octanol–water partition coefficient (Wildman–Crippen LogP) is 0.616. The summed E-state index contributed by atoms with van der Waals surface area (Å²) >= 11 is 0. The van der Waals surface area contributed by atoms with Crippen molar-refractivity contribution >= 4 is 15.5 Å². The zero-order valence-electron chi connectivity index (χ0n) is 19.7. The Hall–Kier alpha value is -2.84. The van der Waals surface area contributed by atoms with Crippen LogP contribution in [0.5, 0.6) is 5.75 Å². The predicted molar refractivity (Wildman–Crippen MR) is 125 cm³/mol. The Morgan fingerprint density at radius 1 is 1.29 bits per heavy atom. The standard InChI is InChI=1S/C21H30N6O6S/c1-6-8-17-22-12(3)18-20(28)23-19(25-27(17)18)15-11-14(9-10-16(15)33-7-2)34(31,32)26-13(4)24-21(5,29)30/h9-11,13,24,26,29-30H,6-8H2,1-5H3,(H,23,25,28). The van der Waals surface area contributed by atoms with Crippen molar-refractivity contribution < 1.29 is 23.4 Å². The Bertz CT molecular complexity index is 1340. The van der Waals surface area contributed by atoms with E-state index in [4.69, 9.17) is 4.74 Å². The maximum absolute atomic E-state index is 12.9. The number of hydrogen-bond acceptors (Lipinski definition) is 9. The Morgan fingerprint density at radius 3 is 2.62 bits per heavy atom. The summed E-state index contributed by atoms with van der Waals surface area (Å²) in [5, 5.41) is 25.8. The lowest BCUT2D eigenvalue weighted by Crippen LogP contribution is -2.53. The molecule has 0 amide bonds. The highest BCUT2D eigenvalue weighted by Crippen LogP contribution is 2.30. The van der Waals surface area contributed by atoms with E-state index >= 15 is 0 Å². The molecule has 1 atom stereocenters. The lowest BCUT2D eigenvalue weighted by molar-refractivity contribution is -0.175. The van der Waals surface area contributed by atoms with Crippen molar-refractivity contribution in [2.24, 2.45) is 0 Å². The smallest absolute Gasteiger partial charge is 0.277 e. The van der Waals surface area contributed by atoms with Gasteiger partial charge in [0.25, 0.3) is 5.56 Å². The van der Waals surface area contributed by atoms with Crippen LogP contribution in [-0.2, 0) is 16.4 Å². The summed E-state index contributed by atoms with van der Waals surface area (Å²) in [4.78, 5) is 19.9. The van der Waals surface area contributed by atoms with Crippen molar-refractivity contribution in [2.75, 3.05) is 6.61 Å². The van der Waals surface area contributed by atoms with Crippen molar-refractivity contribution in [2.45, 2.75) is 64.4 Å². The minimum atomic E-state index is -4.09. The van der Waals surface area contributed by atoms with Gasteiger partial charge in [0.1, 0.15) is 11.6 Å². The van der Waals surface area contributed by atoms with Crippen LogP contribution < -0.4 is 20.3 Å². The summed E-state index contributed by atoms with van der Waals surface area (Å²) in [5.74, 6) is -1.19. The van der Waals surface area contributed by atoms with Crippen LogP contribution in [0, 0.1) is 6.92 Å². The molecule has 0 saturated carbocycles. The number of fused-ring (bicyclic) bond motifs is 1. The molecule has 0 radical (unpaired) electrons. The van der Waals surface area contributed by atoms with E-state index in [0.29, 0.717) is 35.8 Å². The van der Waals surface area contributed by atoms with Gasteiger partial charge in [0.05, 0.1) is 28.9 Å². The molecule has 34 heavy (non-hydrogen) atoms. The molecule has 0 bridgehead atoms. The molecule has 0 spiro atoms. The number of nitrogens with one attached hydrogen (secondary N) is 3. The number of sulfonamides is 1. The number of benzene rings is 1. The van der Waals surface area contributed by atoms with Gasteiger partial charge in [-0.1, -0.05) is 6.92 Å². The van der Waals surface area contributed by atoms with Crippen LogP contribution in [0.25, 0.3) is 16.9 Å². The summed E-state index contributed by atoms with van der Waals surface area (Å²) in [6.45, 7) is 8.29. The fraction of sp³-hybridized carbons (Fsp3) is 0.476. The third-order valence-corrected chi connectivity index (χ3v) is 6.39. The maximum Gasteiger partial charge on any atom is 0.277 e. The Labute approximate surface area is 197 Å². The normalized spacial score (nSPS) is 13.4. The molecule has 0 saturated heterocycles. The molecule has 0 aliphatic heterocycles. The molecule has 5 N–H and O–H groups in total. The molecule has 186 valence electrons. The summed E-state index contributed by atoms with van der Waals surface area (Å²) in [5.41, 5.74) is 0.739. The number of hydrogen-bond donors (Lipinski definition) is 5. The minimum absolute atomic E-state index is 0.122. The van der Waals surface area contributed by atoms with Crippen LogP contribution in [0.1, 0.15) is 45.6 Å². The lowest BCUT2D eigenvalue weighted by atomic mass is 10.2. The Morgan fingerprint density at radius 2 is 2.00 bits per heavy atom. The molecule has 2 heterocycles. The van der Waals surface area contributed by atoms with Crippen LogP contribution in [-0.4, -0.2) is 56.9 Å². The molecular weight excluding hydrogens is 464 g/mol. The molecule has 1 unspecified atom stereocenters. The van der Waals surface area contributed by atoms with Gasteiger partial charge in [0.15, 0.2) is 11.3 Å². The third kappa shape index (κ3) is 5.62. The van der Waals surface area contributed by atoms with Gasteiger partial charge >= 0.3 is 0 Å². The number of imidazole rings is 1. The first kappa shape index (κ1) is 25.8. The summed E-state index contributed by atoms with van der Waals surface area (Å²) in [7, 11) is -4.09. The SMILES string of the molecule is CCCc1nc(C)c2c(=O)[nH]c(-c3cc(S(=O)(=O)NC(C)NC(C)(O)O)ccc3OCC)nn12. The number of ether oxygens (including phenoxy) is 1. The zero-order valence-corrected chi connectivity index (χ0v) is 20.5. The zero-order chi connectivity index (χ0) is 25.3. The maximum atomic E-state index is 12.9. The molecule has 0 aliphatic rings. The molecule has 3 aromatic rings. The molecular formula is C21H30N6O6S. The molecule has 2 aromatic heterocycles. The van der Waals surface area contributed by atoms with Gasteiger partial charge in [-0.05, 0) is 45.4 Å². The third-order valence-electron chi connectivity index (χ3n) is 4.85. The van der Waals surface area contributed by atoms with Crippen molar-refractivity contribution in [3.05, 3.63) is 40.1 Å². The van der Waals surface area contributed by atoms with Crippen molar-refractivity contribution in [1.82, 2.24) is 29.6 Å². The van der Waals surface area contributed by atoms with Gasteiger partial charge in [-0.25, -0.2) is 17.9 Å². The number of aliphatic hydroxyl groups is 2. The minimum Gasteiger partial charge on any atom is -0.493 e. The van der Waals surface area contributed by atoms with Gasteiger partial charge in [-0.2, -0.15) is 4.72 Å². The van der Waals surface area contributed by atoms with Crippen LogP contribution in [0.3, 0.4) is 0 Å². The highest BCUT2D eigenvalue weighted by Gasteiger charge is 2.25. The van der Waals surface area contributed by atoms with Crippen molar-refractivity contribution in [3.8, 4) is 17.1 Å². The topological polar surface area (TPSA) is 171 Å². The summed E-state index contributed by atoms with van der Waals surface area (Å²) < 4.78 is 35.3. The molecule has 3 rings (SSSR count). The Balaban J connectivity index is 2.13. The highest BCUT2D eigenvalue weighted by atomic mass is 32.2. The van der Waals surface area contributed by atoms with Crippen LogP contribution in [0.15, 0.2) is 27.9 Å². The van der Waals surface area contributed by atoms with Crippen molar-refractivity contribution in [3.63, 3.8) is 0 Å². The average Bonchev–Trinajstić information content (AvgIpc) is 3.02. The number of nitrogens with zero attached hydrogens (tertiary/aromatic N) is 3. The number of aryl methyl sites for hydroxylation is 2. The van der Waals surface area contributed by atoms with Gasteiger partial charge in [0.2, 0.25) is 15.9 Å². The molecule has 0 fully saturated rings. The summed E-state index contributed by atoms with van der Waals surface area (Å²) in [6, 6.07) is 4.16. The number of H-pyrrole nitrogens is 1.